The topological polar surface area (TPSA) is 83.7 Å². The highest BCUT2D eigenvalue weighted by Gasteiger charge is 2.38. The number of hydrogen-bond acceptors (Lipinski definition) is 7. The van der Waals surface area contributed by atoms with Crippen LogP contribution in [0.1, 0.15) is 33.8 Å². The van der Waals surface area contributed by atoms with Crippen molar-refractivity contribution in [3.8, 4) is 5.75 Å². The van der Waals surface area contributed by atoms with Gasteiger partial charge in [0.05, 0.1) is 11.7 Å². The average Bonchev–Trinajstić information content (AvgIpc) is 3.22. The number of hydrogen-bond donors (Lipinski definition) is 2. The van der Waals surface area contributed by atoms with Gasteiger partial charge >= 0.3 is 0 Å². The number of aryl methyl sites for hydroxylation is 1. The molecule has 1 amide bonds. The van der Waals surface area contributed by atoms with Crippen molar-refractivity contribution in [1.29, 1.82) is 0 Å². The van der Waals surface area contributed by atoms with Gasteiger partial charge in [0.25, 0.3) is 5.91 Å². The Hall–Kier alpha value is -2.91. The van der Waals surface area contributed by atoms with E-state index in [0.29, 0.717) is 40.4 Å². The van der Waals surface area contributed by atoms with E-state index in [2.05, 4.69) is 27.1 Å². The zero-order valence-corrected chi connectivity index (χ0v) is 20.1. The van der Waals surface area contributed by atoms with Gasteiger partial charge in [0, 0.05) is 60.0 Å². The number of rotatable bonds is 3. The largest absolute Gasteiger partial charge is 0.491 e. The van der Waals surface area contributed by atoms with Gasteiger partial charge in [-0.25, -0.2) is 9.37 Å². The minimum atomic E-state index is -0.334. The number of nitrogens with one attached hydrogen (secondary N) is 1. The van der Waals surface area contributed by atoms with Gasteiger partial charge in [0.2, 0.25) is 0 Å². The van der Waals surface area contributed by atoms with E-state index < -0.39 is 0 Å². The molecule has 7 nitrogen and oxygen atoms in total. The highest BCUT2D eigenvalue weighted by atomic mass is 32.1. The van der Waals surface area contributed by atoms with Gasteiger partial charge in [-0.2, -0.15) is 0 Å². The number of nitrogen functional groups attached to an aromatic ring is 1. The normalized spacial score (nSPS) is 24.2. The lowest BCUT2D eigenvalue weighted by Crippen LogP contribution is -2.52. The number of nitrogens with two attached hydrogens (primary N) is 1. The Morgan fingerprint density at radius 3 is 2.79 bits per heavy atom. The summed E-state index contributed by atoms with van der Waals surface area (Å²) in [4.78, 5) is 23.3. The number of halogens is 1. The molecule has 178 valence electrons. The molecular weight excluding hydrogens is 453 g/mol. The Morgan fingerprint density at radius 2 is 2.03 bits per heavy atom. The molecule has 34 heavy (non-hydrogen) atoms. The summed E-state index contributed by atoms with van der Waals surface area (Å²) in [5.41, 5.74) is 8.92. The van der Waals surface area contributed by atoms with Gasteiger partial charge in [-0.3, -0.25) is 9.69 Å². The first kappa shape index (κ1) is 21.6. The number of ether oxygens (including phenoxy) is 1. The molecule has 3 N–H and O–H groups in total. The Morgan fingerprint density at radius 1 is 1.26 bits per heavy atom. The molecule has 0 aliphatic carbocycles. The smallest absolute Gasteiger partial charge is 0.263 e. The van der Waals surface area contributed by atoms with Crippen molar-refractivity contribution in [1.82, 2.24) is 15.2 Å². The maximum atomic E-state index is 15.2. The molecule has 2 fully saturated rings. The van der Waals surface area contributed by atoms with Crippen LogP contribution < -0.4 is 20.7 Å². The van der Waals surface area contributed by atoms with Crippen LogP contribution in [0.3, 0.4) is 0 Å². The SMILES string of the molecule is Cc1ccc2c(N)c(C(=O)N[C@H]3COc4cc(N5CC6CCC(C5)N6C)cc(F)c4C3)sc2n1. The molecule has 0 saturated carbocycles. The van der Waals surface area contributed by atoms with E-state index in [-0.39, 0.29) is 24.4 Å². The third-order valence-corrected chi connectivity index (χ3v) is 8.63. The van der Waals surface area contributed by atoms with E-state index in [4.69, 9.17) is 10.5 Å². The minimum Gasteiger partial charge on any atom is -0.491 e. The third-order valence-electron chi connectivity index (χ3n) is 7.52. The Labute approximate surface area is 201 Å². The van der Waals surface area contributed by atoms with Gasteiger partial charge in [0.15, 0.2) is 0 Å². The number of pyridine rings is 1. The molecule has 3 aromatic rings. The monoisotopic (exact) mass is 481 g/mol. The van der Waals surface area contributed by atoms with Crippen LogP contribution in [0.2, 0.25) is 0 Å². The van der Waals surface area contributed by atoms with E-state index in [9.17, 15) is 4.79 Å². The fraction of sp³-hybridized carbons (Fsp3) is 0.440. The van der Waals surface area contributed by atoms with Crippen LogP contribution in [0.5, 0.6) is 5.75 Å². The van der Waals surface area contributed by atoms with Crippen molar-refractivity contribution in [2.45, 2.75) is 44.3 Å². The molecule has 2 bridgehead atoms. The first-order valence-corrected chi connectivity index (χ1v) is 12.6. The summed E-state index contributed by atoms with van der Waals surface area (Å²) in [5, 5.41) is 3.76. The van der Waals surface area contributed by atoms with E-state index in [0.717, 1.165) is 34.7 Å². The van der Waals surface area contributed by atoms with E-state index in [1.807, 2.05) is 25.1 Å². The molecule has 3 aliphatic heterocycles. The number of anilines is 2. The minimum absolute atomic E-state index is 0.278. The fourth-order valence-electron chi connectivity index (χ4n) is 5.53. The van der Waals surface area contributed by atoms with Crippen LogP contribution in [-0.4, -0.2) is 60.7 Å². The van der Waals surface area contributed by atoms with E-state index >= 15 is 4.39 Å². The third kappa shape index (κ3) is 3.58. The summed E-state index contributed by atoms with van der Waals surface area (Å²) in [6.45, 7) is 4.02. The van der Waals surface area contributed by atoms with Crippen LogP contribution in [-0.2, 0) is 6.42 Å². The van der Waals surface area contributed by atoms with Gasteiger partial charge in [-0.15, -0.1) is 11.3 Å². The molecule has 3 aliphatic rings. The van der Waals surface area contributed by atoms with Crippen LogP contribution >= 0.6 is 11.3 Å². The van der Waals surface area contributed by atoms with Gasteiger partial charge < -0.3 is 20.7 Å². The van der Waals surface area contributed by atoms with Crippen molar-refractivity contribution in [3.63, 3.8) is 0 Å². The average molecular weight is 482 g/mol. The second-order valence-electron chi connectivity index (χ2n) is 9.70. The summed E-state index contributed by atoms with van der Waals surface area (Å²) >= 11 is 1.27. The lowest BCUT2D eigenvalue weighted by atomic mass is 10.0. The van der Waals surface area contributed by atoms with E-state index in [1.165, 1.54) is 24.2 Å². The first-order chi connectivity index (χ1) is 16.4. The molecule has 2 aromatic heterocycles. The molecule has 2 unspecified atom stereocenters. The van der Waals surface area contributed by atoms with Crippen molar-refractivity contribution in [2.24, 2.45) is 0 Å². The predicted molar refractivity (Wildman–Crippen MR) is 132 cm³/mol. The number of aromatic nitrogens is 1. The van der Waals surface area contributed by atoms with Gasteiger partial charge in [-0.05, 0) is 45.0 Å². The lowest BCUT2D eigenvalue weighted by molar-refractivity contribution is 0.0919. The highest BCUT2D eigenvalue weighted by molar-refractivity contribution is 7.21. The molecule has 1 aromatic carbocycles. The predicted octanol–water partition coefficient (Wildman–Crippen LogP) is 3.34. The molecule has 0 radical (unpaired) electrons. The number of likely N-dealkylation sites (N-methyl/N-ethyl adjacent to an activating group) is 1. The Bertz CT molecular complexity index is 1280. The van der Waals surface area contributed by atoms with Crippen molar-refractivity contribution >= 4 is 38.8 Å². The Kier molecular flexibility index (Phi) is 5.14. The van der Waals surface area contributed by atoms with Crippen LogP contribution in [0, 0.1) is 12.7 Å². The number of amides is 1. The van der Waals surface area contributed by atoms with Crippen LogP contribution in [0.15, 0.2) is 24.3 Å². The van der Waals surface area contributed by atoms with Crippen LogP contribution in [0.25, 0.3) is 10.2 Å². The molecule has 5 heterocycles. The molecule has 9 heteroatoms. The molecule has 6 rings (SSSR count). The number of nitrogens with zero attached hydrogens (tertiary/aromatic N) is 3. The van der Waals surface area contributed by atoms with Crippen molar-refractivity contribution in [2.75, 3.05) is 37.4 Å². The standard InChI is InChI=1S/C25H28FN5O2S/c1-13-3-6-18-22(27)23(34-25(18)28-13)24(32)29-14-7-19-20(26)8-17(9-21(19)33-12-14)31-10-15-4-5-16(11-31)30(15)2/h3,6,8-9,14-16H,4-5,7,10-12,27H2,1-2H3,(H,29,32)/t14-,15?,16?/m1/s1. The number of piperazine rings is 1. The number of carbonyl (C=O) groups excluding carboxylic acids is 1. The lowest BCUT2D eigenvalue weighted by Gasteiger charge is -2.40. The number of thiophene rings is 1. The van der Waals surface area contributed by atoms with Gasteiger partial charge in [-0.1, -0.05) is 0 Å². The van der Waals surface area contributed by atoms with Crippen molar-refractivity contribution < 1.29 is 13.9 Å². The first-order valence-electron chi connectivity index (χ1n) is 11.8. The molecule has 3 atom stereocenters. The number of carbonyl (C=O) groups is 1. The second kappa shape index (κ2) is 8.09. The number of benzene rings is 1. The molecular formula is C25H28FN5O2S. The molecule has 0 spiro atoms. The summed E-state index contributed by atoms with van der Waals surface area (Å²) in [7, 11) is 2.19. The second-order valence-corrected chi connectivity index (χ2v) is 10.7. The summed E-state index contributed by atoms with van der Waals surface area (Å²) in [5.74, 6) is 0.0201. The van der Waals surface area contributed by atoms with Crippen LogP contribution in [0.4, 0.5) is 15.8 Å². The number of fused-ring (bicyclic) bond motifs is 4. The quantitative estimate of drug-likeness (QED) is 0.597. The maximum absolute atomic E-state index is 15.2. The van der Waals surface area contributed by atoms with Crippen molar-refractivity contribution in [3.05, 3.63) is 46.2 Å². The summed E-state index contributed by atoms with van der Waals surface area (Å²) < 4.78 is 21.1. The maximum Gasteiger partial charge on any atom is 0.263 e. The van der Waals surface area contributed by atoms with Gasteiger partial charge in [0.1, 0.15) is 27.9 Å². The molecule has 2 saturated heterocycles. The fourth-order valence-corrected chi connectivity index (χ4v) is 6.57. The summed E-state index contributed by atoms with van der Waals surface area (Å²) in [6.07, 6.45) is 2.77. The zero-order chi connectivity index (χ0) is 23.6. The Balaban J connectivity index is 1.18. The van der Waals surface area contributed by atoms with E-state index in [1.54, 1.807) is 6.07 Å². The highest BCUT2D eigenvalue weighted by Crippen LogP contribution is 2.37. The zero-order valence-electron chi connectivity index (χ0n) is 19.3. The summed E-state index contributed by atoms with van der Waals surface area (Å²) in [6, 6.07) is 8.06.